The lowest BCUT2D eigenvalue weighted by Crippen LogP contribution is -2.34. The Labute approximate surface area is 158 Å². The Morgan fingerprint density at radius 2 is 1.93 bits per heavy atom. The van der Waals surface area contributed by atoms with Crippen LogP contribution in [0, 0.1) is 11.6 Å². The molecule has 0 radical (unpaired) electrons. The zero-order valence-electron chi connectivity index (χ0n) is 15.7. The molecule has 0 saturated heterocycles. The minimum absolute atomic E-state index is 0.327. The van der Waals surface area contributed by atoms with E-state index in [9.17, 15) is 13.6 Å². The first kappa shape index (κ1) is 20.4. The van der Waals surface area contributed by atoms with Gasteiger partial charge in [-0.25, -0.2) is 13.6 Å². The van der Waals surface area contributed by atoms with Crippen molar-refractivity contribution in [1.29, 1.82) is 0 Å². The van der Waals surface area contributed by atoms with Gasteiger partial charge in [-0.2, -0.15) is 0 Å². The molecule has 0 aliphatic heterocycles. The smallest absolute Gasteiger partial charge is 0.408 e. The number of hydrogen-bond acceptors (Lipinski definition) is 3. The number of alkyl carbamates (subject to hydrolysis) is 1. The van der Waals surface area contributed by atoms with Crippen LogP contribution in [-0.4, -0.2) is 11.7 Å². The number of carbonyl (C=O) groups is 1. The van der Waals surface area contributed by atoms with Crippen LogP contribution in [0.2, 0.25) is 0 Å². The first-order chi connectivity index (χ1) is 12.6. The number of amides is 1. The van der Waals surface area contributed by atoms with E-state index in [2.05, 4.69) is 11.9 Å². The fourth-order valence-corrected chi connectivity index (χ4v) is 2.64. The van der Waals surface area contributed by atoms with Crippen molar-refractivity contribution in [2.24, 2.45) is 0 Å². The minimum Gasteiger partial charge on any atom is -0.444 e. The molecule has 2 rings (SSSR count). The molecule has 1 unspecified atom stereocenters. The van der Waals surface area contributed by atoms with E-state index < -0.39 is 29.4 Å². The van der Waals surface area contributed by atoms with Crippen LogP contribution in [0.3, 0.4) is 0 Å². The molecule has 144 valence electrons. The number of ether oxygens (including phenoxy) is 1. The summed E-state index contributed by atoms with van der Waals surface area (Å²) in [5.74, 6) is -0.995. The van der Waals surface area contributed by atoms with Gasteiger partial charge in [-0.05, 0) is 74.7 Å². The van der Waals surface area contributed by atoms with Crippen LogP contribution >= 0.6 is 0 Å². The molecule has 0 saturated carbocycles. The first-order valence-corrected chi connectivity index (χ1v) is 8.55. The maximum absolute atomic E-state index is 14.3. The van der Waals surface area contributed by atoms with Crippen LogP contribution in [0.1, 0.15) is 38.8 Å². The van der Waals surface area contributed by atoms with Crippen molar-refractivity contribution in [2.75, 3.05) is 5.73 Å². The highest BCUT2D eigenvalue weighted by Gasteiger charge is 2.21. The fourth-order valence-electron chi connectivity index (χ4n) is 2.64. The number of rotatable bonds is 5. The highest BCUT2D eigenvalue weighted by molar-refractivity contribution is 5.77. The zero-order chi connectivity index (χ0) is 20.2. The second kappa shape index (κ2) is 8.20. The Morgan fingerprint density at radius 1 is 1.22 bits per heavy atom. The van der Waals surface area contributed by atoms with E-state index in [1.807, 2.05) is 0 Å². The average molecular weight is 374 g/mol. The molecule has 0 fully saturated rings. The first-order valence-electron chi connectivity index (χ1n) is 8.55. The molecule has 27 heavy (non-hydrogen) atoms. The topological polar surface area (TPSA) is 64.3 Å². The SMILES string of the molecule is C=CCC(NC(=O)OC(C)(C)C)c1cc(F)cc(-c2cc(F)ccc2N)c1. The molecule has 0 aliphatic carbocycles. The summed E-state index contributed by atoms with van der Waals surface area (Å²) in [7, 11) is 0. The van der Waals surface area contributed by atoms with Crippen LogP contribution in [0.25, 0.3) is 11.1 Å². The van der Waals surface area contributed by atoms with E-state index >= 15 is 0 Å². The van der Waals surface area contributed by atoms with E-state index in [0.717, 1.165) is 0 Å². The predicted molar refractivity (Wildman–Crippen MR) is 103 cm³/mol. The summed E-state index contributed by atoms with van der Waals surface area (Å²) >= 11 is 0. The number of nitrogens with two attached hydrogens (primary N) is 1. The molecule has 0 aromatic heterocycles. The van der Waals surface area contributed by atoms with Gasteiger partial charge in [0.05, 0.1) is 6.04 Å². The molecule has 3 N–H and O–H groups in total. The fraction of sp³-hybridized carbons (Fsp3) is 0.286. The standard InChI is InChI=1S/C21H24F2N2O2/c1-5-6-19(25-20(26)27-21(2,3)4)14-9-13(10-16(23)11-14)17-12-15(22)7-8-18(17)24/h5,7-12,19H,1,6,24H2,2-4H3,(H,25,26). The number of nitrogen functional groups attached to an aromatic ring is 1. The minimum atomic E-state index is -0.661. The summed E-state index contributed by atoms with van der Waals surface area (Å²) in [6.45, 7) is 8.94. The maximum atomic E-state index is 14.3. The van der Waals surface area contributed by atoms with Crippen molar-refractivity contribution in [3.8, 4) is 11.1 Å². The lowest BCUT2D eigenvalue weighted by atomic mass is 9.96. The van der Waals surface area contributed by atoms with Gasteiger partial charge in [-0.3, -0.25) is 0 Å². The Morgan fingerprint density at radius 3 is 2.56 bits per heavy atom. The van der Waals surface area contributed by atoms with Crippen LogP contribution < -0.4 is 11.1 Å². The normalized spacial score (nSPS) is 12.3. The van der Waals surface area contributed by atoms with Crippen molar-refractivity contribution in [2.45, 2.75) is 38.8 Å². The van der Waals surface area contributed by atoms with Crippen molar-refractivity contribution in [3.05, 3.63) is 66.3 Å². The van der Waals surface area contributed by atoms with E-state index in [1.165, 1.54) is 30.3 Å². The van der Waals surface area contributed by atoms with Gasteiger partial charge in [-0.1, -0.05) is 6.08 Å². The Balaban J connectivity index is 2.39. The largest absolute Gasteiger partial charge is 0.444 e. The summed E-state index contributed by atoms with van der Waals surface area (Å²) in [5.41, 5.74) is 6.88. The van der Waals surface area contributed by atoms with Crippen molar-refractivity contribution < 1.29 is 18.3 Å². The van der Waals surface area contributed by atoms with Crippen LogP contribution in [0.5, 0.6) is 0 Å². The summed E-state index contributed by atoms with van der Waals surface area (Å²) in [4.78, 5) is 12.1. The zero-order valence-corrected chi connectivity index (χ0v) is 15.7. The molecule has 1 amide bonds. The third kappa shape index (κ3) is 5.81. The van der Waals surface area contributed by atoms with Crippen molar-refractivity contribution >= 4 is 11.8 Å². The molecule has 2 aromatic rings. The molecule has 1 atom stereocenters. The van der Waals surface area contributed by atoms with Gasteiger partial charge in [0.1, 0.15) is 17.2 Å². The molecular weight excluding hydrogens is 350 g/mol. The molecule has 4 nitrogen and oxygen atoms in total. The van der Waals surface area contributed by atoms with E-state index in [0.29, 0.717) is 28.8 Å². The van der Waals surface area contributed by atoms with Crippen LogP contribution in [0.4, 0.5) is 19.3 Å². The average Bonchev–Trinajstić information content (AvgIpc) is 2.54. The molecule has 0 bridgehead atoms. The molecular formula is C21H24F2N2O2. The van der Waals surface area contributed by atoms with E-state index in [1.54, 1.807) is 32.9 Å². The molecule has 0 spiro atoms. The number of hydrogen-bond donors (Lipinski definition) is 2. The monoisotopic (exact) mass is 374 g/mol. The summed E-state index contributed by atoms with van der Waals surface area (Å²) in [6.07, 6.45) is 1.36. The third-order valence-corrected chi connectivity index (χ3v) is 3.74. The predicted octanol–water partition coefficient (Wildman–Crippen LogP) is 5.36. The number of benzene rings is 2. The molecule has 6 heteroatoms. The van der Waals surface area contributed by atoms with Gasteiger partial charge in [-0.15, -0.1) is 6.58 Å². The molecule has 2 aromatic carbocycles. The summed E-state index contributed by atoms with van der Waals surface area (Å²) in [5, 5.41) is 2.72. The van der Waals surface area contributed by atoms with Crippen molar-refractivity contribution in [3.63, 3.8) is 0 Å². The molecule has 0 heterocycles. The highest BCUT2D eigenvalue weighted by atomic mass is 19.1. The van der Waals surface area contributed by atoms with Crippen LogP contribution in [-0.2, 0) is 4.74 Å². The van der Waals surface area contributed by atoms with Gasteiger partial charge < -0.3 is 15.8 Å². The van der Waals surface area contributed by atoms with E-state index in [4.69, 9.17) is 10.5 Å². The maximum Gasteiger partial charge on any atom is 0.408 e. The lowest BCUT2D eigenvalue weighted by Gasteiger charge is -2.24. The lowest BCUT2D eigenvalue weighted by molar-refractivity contribution is 0.0504. The number of anilines is 1. The Kier molecular flexibility index (Phi) is 6.20. The Bertz CT molecular complexity index is 845. The molecule has 0 aliphatic rings. The van der Waals surface area contributed by atoms with Crippen molar-refractivity contribution in [1.82, 2.24) is 5.32 Å². The highest BCUT2D eigenvalue weighted by Crippen LogP contribution is 2.31. The quantitative estimate of drug-likeness (QED) is 0.547. The third-order valence-electron chi connectivity index (χ3n) is 3.74. The van der Waals surface area contributed by atoms with Gasteiger partial charge in [0.25, 0.3) is 0 Å². The second-order valence-electron chi connectivity index (χ2n) is 7.23. The Hall–Kier alpha value is -2.89. The van der Waals surface area contributed by atoms with E-state index in [-0.39, 0.29) is 0 Å². The second-order valence-corrected chi connectivity index (χ2v) is 7.23. The number of halogens is 2. The van der Waals surface area contributed by atoms with Gasteiger partial charge in [0, 0.05) is 11.3 Å². The van der Waals surface area contributed by atoms with Crippen LogP contribution in [0.15, 0.2) is 49.1 Å². The summed E-state index contributed by atoms with van der Waals surface area (Å²) in [6, 6.07) is 7.61. The summed E-state index contributed by atoms with van der Waals surface area (Å²) < 4.78 is 33.1. The number of carbonyl (C=O) groups excluding carboxylic acids is 1. The van der Waals surface area contributed by atoms with Gasteiger partial charge in [0.15, 0.2) is 0 Å². The van der Waals surface area contributed by atoms with Gasteiger partial charge in [0.2, 0.25) is 0 Å². The number of nitrogens with one attached hydrogen (secondary N) is 1. The van der Waals surface area contributed by atoms with Gasteiger partial charge >= 0.3 is 6.09 Å².